The molecule has 0 saturated carbocycles. The van der Waals surface area contributed by atoms with Crippen molar-refractivity contribution in [2.45, 2.75) is 19.3 Å². The summed E-state index contributed by atoms with van der Waals surface area (Å²) in [5, 5.41) is 0. The summed E-state index contributed by atoms with van der Waals surface area (Å²) < 4.78 is 5.70. The molecule has 0 unspecified atom stereocenters. The summed E-state index contributed by atoms with van der Waals surface area (Å²) in [6, 6.07) is 6.08. The lowest BCUT2D eigenvalue weighted by atomic mass is 10.1. The predicted molar refractivity (Wildman–Crippen MR) is 98.5 cm³/mol. The average Bonchev–Trinajstić information content (AvgIpc) is 3.20. The number of rotatable bonds is 4. The minimum Gasteiger partial charge on any atom is -0.484 e. The van der Waals surface area contributed by atoms with Crippen molar-refractivity contribution in [3.63, 3.8) is 0 Å². The molecule has 0 spiro atoms. The average molecular weight is 366 g/mol. The van der Waals surface area contributed by atoms with Crippen LogP contribution in [0.3, 0.4) is 0 Å². The minimum absolute atomic E-state index is 0.0247. The molecular formula is C20H22N4O3. The maximum atomic E-state index is 12.4. The van der Waals surface area contributed by atoms with Gasteiger partial charge in [-0.1, -0.05) is 6.07 Å². The smallest absolute Gasteiger partial charge is 0.274 e. The lowest BCUT2D eigenvalue weighted by Crippen LogP contribution is -2.51. The highest BCUT2D eigenvalue weighted by atomic mass is 16.5. The van der Waals surface area contributed by atoms with Gasteiger partial charge < -0.3 is 14.5 Å². The van der Waals surface area contributed by atoms with Crippen molar-refractivity contribution in [2.24, 2.45) is 0 Å². The topological polar surface area (TPSA) is 75.6 Å². The second kappa shape index (κ2) is 7.73. The van der Waals surface area contributed by atoms with E-state index >= 15 is 0 Å². The molecule has 1 aromatic carbocycles. The normalized spacial score (nSPS) is 16.1. The Bertz CT molecular complexity index is 832. The number of fused-ring (bicyclic) bond motifs is 1. The predicted octanol–water partition coefficient (Wildman–Crippen LogP) is 1.33. The highest BCUT2D eigenvalue weighted by Crippen LogP contribution is 2.26. The summed E-state index contributed by atoms with van der Waals surface area (Å²) >= 11 is 0. The first-order valence-electron chi connectivity index (χ1n) is 9.28. The van der Waals surface area contributed by atoms with Crippen LogP contribution in [-0.4, -0.2) is 64.4 Å². The van der Waals surface area contributed by atoms with Gasteiger partial charge in [0, 0.05) is 38.6 Å². The summed E-state index contributed by atoms with van der Waals surface area (Å²) in [5.74, 6) is 0.548. The molecule has 1 aliphatic carbocycles. The van der Waals surface area contributed by atoms with Crippen molar-refractivity contribution in [3.8, 4) is 5.75 Å². The highest BCUT2D eigenvalue weighted by Gasteiger charge is 2.25. The maximum absolute atomic E-state index is 12.4. The van der Waals surface area contributed by atoms with Crippen LogP contribution in [0.5, 0.6) is 5.75 Å². The Kier molecular flexibility index (Phi) is 5.00. The Morgan fingerprint density at radius 3 is 2.56 bits per heavy atom. The first-order valence-corrected chi connectivity index (χ1v) is 9.28. The number of hydrogen-bond acceptors (Lipinski definition) is 5. The second-order valence-corrected chi connectivity index (χ2v) is 6.84. The molecule has 0 radical (unpaired) electrons. The molecule has 1 fully saturated rings. The fraction of sp³-hybridized carbons (Fsp3) is 0.400. The summed E-state index contributed by atoms with van der Waals surface area (Å²) in [4.78, 5) is 36.2. The number of nitrogens with zero attached hydrogens (tertiary/aromatic N) is 4. The van der Waals surface area contributed by atoms with E-state index in [0.29, 0.717) is 31.9 Å². The Balaban J connectivity index is 1.27. The van der Waals surface area contributed by atoms with Crippen molar-refractivity contribution in [1.82, 2.24) is 19.8 Å². The van der Waals surface area contributed by atoms with Gasteiger partial charge in [0.05, 0.1) is 6.20 Å². The number of aryl methyl sites for hydroxylation is 2. The highest BCUT2D eigenvalue weighted by molar-refractivity contribution is 5.92. The van der Waals surface area contributed by atoms with E-state index < -0.39 is 0 Å². The van der Waals surface area contributed by atoms with Crippen molar-refractivity contribution < 1.29 is 14.3 Å². The van der Waals surface area contributed by atoms with E-state index in [4.69, 9.17) is 4.74 Å². The minimum atomic E-state index is -0.149. The molecule has 0 atom stereocenters. The summed E-state index contributed by atoms with van der Waals surface area (Å²) in [7, 11) is 0. The van der Waals surface area contributed by atoms with Crippen molar-refractivity contribution in [1.29, 1.82) is 0 Å². The van der Waals surface area contributed by atoms with Gasteiger partial charge in [-0.25, -0.2) is 4.98 Å². The third-order valence-corrected chi connectivity index (χ3v) is 5.13. The van der Waals surface area contributed by atoms with E-state index in [0.717, 1.165) is 18.6 Å². The molecule has 2 heterocycles. The van der Waals surface area contributed by atoms with Crippen LogP contribution in [-0.2, 0) is 17.6 Å². The van der Waals surface area contributed by atoms with E-state index in [9.17, 15) is 9.59 Å². The van der Waals surface area contributed by atoms with Gasteiger partial charge in [0.2, 0.25) is 0 Å². The molecule has 1 saturated heterocycles. The molecule has 140 valence electrons. The lowest BCUT2D eigenvalue weighted by Gasteiger charge is -2.34. The van der Waals surface area contributed by atoms with Gasteiger partial charge in [-0.05, 0) is 42.5 Å². The Hall–Kier alpha value is -2.96. The third kappa shape index (κ3) is 3.92. The van der Waals surface area contributed by atoms with Crippen LogP contribution in [0.25, 0.3) is 0 Å². The Labute approximate surface area is 158 Å². The monoisotopic (exact) mass is 366 g/mol. The van der Waals surface area contributed by atoms with E-state index in [1.807, 2.05) is 12.1 Å². The molecule has 1 aromatic heterocycles. The van der Waals surface area contributed by atoms with Crippen molar-refractivity contribution >= 4 is 11.8 Å². The maximum Gasteiger partial charge on any atom is 0.274 e. The number of aromatic nitrogens is 2. The van der Waals surface area contributed by atoms with E-state index in [-0.39, 0.29) is 18.4 Å². The number of piperazine rings is 1. The van der Waals surface area contributed by atoms with Gasteiger partial charge in [0.25, 0.3) is 11.8 Å². The molecule has 27 heavy (non-hydrogen) atoms. The third-order valence-electron chi connectivity index (χ3n) is 5.13. The first kappa shape index (κ1) is 17.5. The van der Waals surface area contributed by atoms with Crippen LogP contribution in [0.15, 0.2) is 36.8 Å². The van der Waals surface area contributed by atoms with Crippen LogP contribution in [0.1, 0.15) is 28.0 Å². The zero-order chi connectivity index (χ0) is 18.6. The van der Waals surface area contributed by atoms with Gasteiger partial charge in [-0.2, -0.15) is 0 Å². The van der Waals surface area contributed by atoms with E-state index in [1.165, 1.54) is 36.1 Å². The largest absolute Gasteiger partial charge is 0.484 e. The molecule has 7 heteroatoms. The standard InChI is InChI=1S/C20H22N4O3/c25-19(14-27-17-5-4-15-2-1-3-16(15)12-17)23-8-10-24(11-9-23)20(26)18-13-21-6-7-22-18/h4-7,12-13H,1-3,8-11,14H2. The number of carbonyl (C=O) groups is 2. The zero-order valence-corrected chi connectivity index (χ0v) is 15.1. The fourth-order valence-electron chi connectivity index (χ4n) is 3.60. The van der Waals surface area contributed by atoms with Crippen LogP contribution >= 0.6 is 0 Å². The van der Waals surface area contributed by atoms with Crippen molar-refractivity contribution in [2.75, 3.05) is 32.8 Å². The number of ether oxygens (including phenoxy) is 1. The Morgan fingerprint density at radius 1 is 1.00 bits per heavy atom. The summed E-state index contributed by atoms with van der Waals surface area (Å²) in [5.41, 5.74) is 3.05. The summed E-state index contributed by atoms with van der Waals surface area (Å²) in [6.07, 6.45) is 7.91. The quantitative estimate of drug-likeness (QED) is 0.816. The number of amides is 2. The number of benzene rings is 1. The summed E-state index contributed by atoms with van der Waals surface area (Å²) in [6.45, 7) is 1.99. The molecular weight excluding hydrogens is 344 g/mol. The molecule has 2 amide bonds. The van der Waals surface area contributed by atoms with E-state index in [2.05, 4.69) is 16.0 Å². The molecule has 2 aromatic rings. The van der Waals surface area contributed by atoms with Gasteiger partial charge in [0.15, 0.2) is 6.61 Å². The second-order valence-electron chi connectivity index (χ2n) is 6.84. The number of carbonyl (C=O) groups excluding carboxylic acids is 2. The molecule has 7 nitrogen and oxygen atoms in total. The van der Waals surface area contributed by atoms with Crippen LogP contribution < -0.4 is 4.74 Å². The van der Waals surface area contributed by atoms with Gasteiger partial charge in [-0.3, -0.25) is 14.6 Å². The number of hydrogen-bond donors (Lipinski definition) is 0. The SMILES string of the molecule is O=C(COc1ccc2c(c1)CCC2)N1CCN(C(=O)c2cnccn2)CC1. The van der Waals surface area contributed by atoms with Gasteiger partial charge in [-0.15, -0.1) is 0 Å². The molecule has 4 rings (SSSR count). The Morgan fingerprint density at radius 2 is 1.78 bits per heavy atom. The van der Waals surface area contributed by atoms with Gasteiger partial charge >= 0.3 is 0 Å². The first-order chi connectivity index (χ1) is 13.2. The molecule has 2 aliphatic rings. The van der Waals surface area contributed by atoms with Crippen molar-refractivity contribution in [3.05, 3.63) is 53.6 Å². The van der Waals surface area contributed by atoms with E-state index in [1.54, 1.807) is 9.80 Å². The van der Waals surface area contributed by atoms with Crippen LogP contribution in [0, 0.1) is 0 Å². The zero-order valence-electron chi connectivity index (χ0n) is 15.1. The fourth-order valence-corrected chi connectivity index (χ4v) is 3.60. The lowest BCUT2D eigenvalue weighted by molar-refractivity contribution is -0.134. The van der Waals surface area contributed by atoms with Crippen LogP contribution in [0.4, 0.5) is 0 Å². The molecule has 0 bridgehead atoms. The van der Waals surface area contributed by atoms with Crippen LogP contribution in [0.2, 0.25) is 0 Å². The van der Waals surface area contributed by atoms with Gasteiger partial charge in [0.1, 0.15) is 11.4 Å². The molecule has 1 aliphatic heterocycles. The molecule has 0 N–H and O–H groups in total.